The lowest BCUT2D eigenvalue weighted by atomic mass is 10.1. The smallest absolute Gasteiger partial charge is 0.260 e. The van der Waals surface area contributed by atoms with Crippen molar-refractivity contribution in [3.05, 3.63) is 11.8 Å². The van der Waals surface area contributed by atoms with Gasteiger partial charge < -0.3 is 5.32 Å². The molecule has 2 heterocycles. The number of hydrogen-bond donors (Lipinski definition) is 2. The topological polar surface area (TPSA) is 78.1 Å². The van der Waals surface area contributed by atoms with Gasteiger partial charge in [-0.3, -0.25) is 5.10 Å². The number of nitrogens with one attached hydrogen (secondary N) is 2. The molecule has 1 atom stereocenters. The van der Waals surface area contributed by atoms with Crippen molar-refractivity contribution in [2.24, 2.45) is 0 Å². The van der Waals surface area contributed by atoms with Crippen molar-refractivity contribution < 1.29 is 8.42 Å². The van der Waals surface area contributed by atoms with Gasteiger partial charge in [0.15, 0.2) is 5.03 Å². The minimum absolute atomic E-state index is 0.0643. The highest BCUT2D eigenvalue weighted by Crippen LogP contribution is 2.25. The molecule has 0 bridgehead atoms. The van der Waals surface area contributed by atoms with Crippen molar-refractivity contribution in [3.8, 4) is 0 Å². The van der Waals surface area contributed by atoms with Crippen LogP contribution >= 0.6 is 0 Å². The van der Waals surface area contributed by atoms with E-state index in [-0.39, 0.29) is 11.1 Å². The van der Waals surface area contributed by atoms with E-state index in [2.05, 4.69) is 15.5 Å². The van der Waals surface area contributed by atoms with E-state index in [0.717, 1.165) is 19.3 Å². The molecule has 2 N–H and O–H groups in total. The van der Waals surface area contributed by atoms with Crippen LogP contribution in [0.1, 0.15) is 31.7 Å². The zero-order valence-corrected chi connectivity index (χ0v) is 11.6. The highest BCUT2D eigenvalue weighted by molar-refractivity contribution is 7.89. The third-order valence-electron chi connectivity index (χ3n) is 3.35. The molecule has 102 valence electrons. The van der Waals surface area contributed by atoms with Gasteiger partial charge >= 0.3 is 0 Å². The summed E-state index contributed by atoms with van der Waals surface area (Å²) >= 11 is 0. The molecule has 7 heteroatoms. The van der Waals surface area contributed by atoms with Gasteiger partial charge in [0, 0.05) is 24.7 Å². The van der Waals surface area contributed by atoms with Crippen LogP contribution in [0.3, 0.4) is 0 Å². The van der Waals surface area contributed by atoms with Gasteiger partial charge in [0.25, 0.3) is 10.0 Å². The Morgan fingerprint density at radius 1 is 1.56 bits per heavy atom. The molecule has 1 saturated heterocycles. The largest absolute Gasteiger partial charge is 0.316 e. The molecule has 18 heavy (non-hydrogen) atoms. The third-order valence-corrected chi connectivity index (χ3v) is 5.38. The van der Waals surface area contributed by atoms with Crippen LogP contribution in [-0.2, 0) is 16.6 Å². The molecule has 1 unspecified atom stereocenters. The van der Waals surface area contributed by atoms with Crippen molar-refractivity contribution in [2.75, 3.05) is 13.6 Å². The fourth-order valence-corrected chi connectivity index (χ4v) is 4.19. The Balaban J connectivity index is 2.32. The summed E-state index contributed by atoms with van der Waals surface area (Å²) in [5.41, 5.74) is 0.690. The Hall–Kier alpha value is -0.920. The van der Waals surface area contributed by atoms with Crippen molar-refractivity contribution >= 4 is 10.0 Å². The molecule has 1 aromatic heterocycles. The highest BCUT2D eigenvalue weighted by Gasteiger charge is 2.33. The summed E-state index contributed by atoms with van der Waals surface area (Å²) in [5, 5.41) is 9.67. The maximum absolute atomic E-state index is 12.6. The van der Waals surface area contributed by atoms with Crippen molar-refractivity contribution in [3.63, 3.8) is 0 Å². The number of nitrogens with zero attached hydrogens (tertiary/aromatic N) is 2. The third kappa shape index (κ3) is 2.43. The van der Waals surface area contributed by atoms with E-state index in [0.29, 0.717) is 18.7 Å². The SMILES string of the molecule is CNCc1cn[nH]c1S(=O)(=O)N1CCCCC1C. The summed E-state index contributed by atoms with van der Waals surface area (Å²) in [6.07, 6.45) is 4.52. The van der Waals surface area contributed by atoms with Crippen LogP contribution in [0.2, 0.25) is 0 Å². The van der Waals surface area contributed by atoms with E-state index in [4.69, 9.17) is 0 Å². The lowest BCUT2D eigenvalue weighted by Crippen LogP contribution is -2.42. The maximum Gasteiger partial charge on any atom is 0.260 e. The molecular weight excluding hydrogens is 252 g/mol. The van der Waals surface area contributed by atoms with Crippen LogP contribution in [0.5, 0.6) is 0 Å². The summed E-state index contributed by atoms with van der Waals surface area (Å²) < 4.78 is 26.7. The second-order valence-electron chi connectivity index (χ2n) is 4.72. The van der Waals surface area contributed by atoms with E-state index in [1.807, 2.05) is 6.92 Å². The Kier molecular flexibility index (Phi) is 4.04. The second kappa shape index (κ2) is 5.38. The van der Waals surface area contributed by atoms with E-state index in [9.17, 15) is 8.42 Å². The molecule has 6 nitrogen and oxygen atoms in total. The van der Waals surface area contributed by atoms with Gasteiger partial charge in [-0.05, 0) is 26.8 Å². The zero-order chi connectivity index (χ0) is 13.2. The normalized spacial score (nSPS) is 22.2. The first-order chi connectivity index (χ1) is 8.57. The Labute approximate surface area is 108 Å². The fourth-order valence-electron chi connectivity index (χ4n) is 2.39. The number of H-pyrrole nitrogens is 1. The predicted octanol–water partition coefficient (Wildman–Crippen LogP) is 0.692. The number of piperidine rings is 1. The molecule has 0 radical (unpaired) electrons. The lowest BCUT2D eigenvalue weighted by molar-refractivity contribution is 0.267. The second-order valence-corrected chi connectivity index (χ2v) is 6.54. The standard InChI is InChI=1S/C11H20N4O2S/c1-9-5-3-4-6-15(9)18(16,17)11-10(7-12-2)8-13-14-11/h8-9,12H,3-7H2,1-2H3,(H,13,14). The number of rotatable bonds is 4. The summed E-state index contributed by atoms with van der Waals surface area (Å²) in [7, 11) is -1.66. The molecule has 0 saturated carbocycles. The Bertz CT molecular complexity index is 497. The van der Waals surface area contributed by atoms with Gasteiger partial charge in [-0.1, -0.05) is 6.42 Å². The van der Waals surface area contributed by atoms with Crippen LogP contribution < -0.4 is 5.32 Å². The van der Waals surface area contributed by atoms with Crippen LogP contribution in [0, 0.1) is 0 Å². The van der Waals surface area contributed by atoms with E-state index < -0.39 is 10.0 Å². The van der Waals surface area contributed by atoms with Gasteiger partial charge in [-0.2, -0.15) is 9.40 Å². The minimum Gasteiger partial charge on any atom is -0.316 e. The van der Waals surface area contributed by atoms with E-state index in [1.165, 1.54) is 0 Å². The first kappa shape index (κ1) is 13.5. The van der Waals surface area contributed by atoms with E-state index >= 15 is 0 Å². The number of hydrogen-bond acceptors (Lipinski definition) is 4. The number of aromatic nitrogens is 2. The van der Waals surface area contributed by atoms with E-state index in [1.54, 1.807) is 17.5 Å². The molecule has 1 aliphatic heterocycles. The first-order valence-electron chi connectivity index (χ1n) is 6.26. The maximum atomic E-state index is 12.6. The molecule has 0 aromatic carbocycles. The number of sulfonamides is 1. The molecular formula is C11H20N4O2S. The summed E-state index contributed by atoms with van der Waals surface area (Å²) in [4.78, 5) is 0. The van der Waals surface area contributed by atoms with Crippen molar-refractivity contribution in [2.45, 2.75) is 43.8 Å². The van der Waals surface area contributed by atoms with Gasteiger partial charge in [0.05, 0.1) is 6.20 Å². The van der Waals surface area contributed by atoms with Crippen LogP contribution in [0.4, 0.5) is 0 Å². The lowest BCUT2D eigenvalue weighted by Gasteiger charge is -2.31. The molecule has 0 amide bonds. The van der Waals surface area contributed by atoms with Crippen LogP contribution in [0.25, 0.3) is 0 Å². The molecule has 1 aliphatic rings. The zero-order valence-electron chi connectivity index (χ0n) is 10.8. The van der Waals surface area contributed by atoms with Gasteiger partial charge in [-0.15, -0.1) is 0 Å². The minimum atomic E-state index is -3.45. The predicted molar refractivity (Wildman–Crippen MR) is 68.6 cm³/mol. The summed E-state index contributed by atoms with van der Waals surface area (Å²) in [5.74, 6) is 0. The molecule has 1 aromatic rings. The average molecular weight is 272 g/mol. The molecule has 2 rings (SSSR count). The van der Waals surface area contributed by atoms with Crippen LogP contribution in [0.15, 0.2) is 11.2 Å². The van der Waals surface area contributed by atoms with Crippen molar-refractivity contribution in [1.82, 2.24) is 19.8 Å². The average Bonchev–Trinajstić information content (AvgIpc) is 2.79. The van der Waals surface area contributed by atoms with Crippen LogP contribution in [-0.4, -0.2) is 42.6 Å². The van der Waals surface area contributed by atoms with Crippen molar-refractivity contribution in [1.29, 1.82) is 0 Å². The van der Waals surface area contributed by atoms with Gasteiger partial charge in [0.1, 0.15) is 0 Å². The Morgan fingerprint density at radius 2 is 2.33 bits per heavy atom. The molecule has 0 spiro atoms. The highest BCUT2D eigenvalue weighted by atomic mass is 32.2. The summed E-state index contributed by atoms with van der Waals surface area (Å²) in [6, 6.07) is 0.0643. The monoisotopic (exact) mass is 272 g/mol. The van der Waals surface area contributed by atoms with Gasteiger partial charge in [0.2, 0.25) is 0 Å². The number of aromatic amines is 1. The van der Waals surface area contributed by atoms with Gasteiger partial charge in [-0.25, -0.2) is 8.42 Å². The molecule has 1 fully saturated rings. The fraction of sp³-hybridized carbons (Fsp3) is 0.727. The quantitative estimate of drug-likeness (QED) is 0.845. The Morgan fingerprint density at radius 3 is 3.00 bits per heavy atom. The first-order valence-corrected chi connectivity index (χ1v) is 7.70. The summed E-state index contributed by atoms with van der Waals surface area (Å²) in [6.45, 7) is 3.06. The molecule has 0 aliphatic carbocycles.